The summed E-state index contributed by atoms with van der Waals surface area (Å²) in [5.74, 6) is 0.594. The summed E-state index contributed by atoms with van der Waals surface area (Å²) >= 11 is 5.40. The number of halogens is 1. The summed E-state index contributed by atoms with van der Waals surface area (Å²) in [5.41, 5.74) is 3.30. The van der Waals surface area contributed by atoms with Crippen LogP contribution in [-0.2, 0) is 12.8 Å². The molecule has 0 amide bonds. The molecule has 2 rings (SSSR count). The second-order valence-electron chi connectivity index (χ2n) is 5.40. The van der Waals surface area contributed by atoms with Gasteiger partial charge in [0, 0.05) is 21.6 Å². The molecular formula is C16H21BrN2S. The fourth-order valence-corrected chi connectivity index (χ4v) is 3.38. The van der Waals surface area contributed by atoms with E-state index < -0.39 is 0 Å². The average molecular weight is 353 g/mol. The van der Waals surface area contributed by atoms with Gasteiger partial charge in [0.05, 0.1) is 5.51 Å². The number of benzene rings is 1. The first kappa shape index (κ1) is 15.7. The first-order chi connectivity index (χ1) is 9.65. The topological polar surface area (TPSA) is 24.9 Å². The van der Waals surface area contributed by atoms with Crippen molar-refractivity contribution in [1.82, 2.24) is 10.3 Å². The molecule has 1 N–H and O–H groups in total. The Morgan fingerprint density at radius 2 is 2.05 bits per heavy atom. The Kier molecular flexibility index (Phi) is 6.20. The average Bonchev–Trinajstić information content (AvgIpc) is 2.91. The van der Waals surface area contributed by atoms with Gasteiger partial charge in [-0.3, -0.25) is 4.98 Å². The van der Waals surface area contributed by atoms with E-state index in [4.69, 9.17) is 0 Å². The van der Waals surface area contributed by atoms with Gasteiger partial charge in [-0.15, -0.1) is 11.3 Å². The Bertz CT molecular complexity index is 511. The fourth-order valence-electron chi connectivity index (χ4n) is 2.22. The lowest BCUT2D eigenvalue weighted by Crippen LogP contribution is -2.31. The van der Waals surface area contributed by atoms with E-state index in [0.717, 1.165) is 19.4 Å². The van der Waals surface area contributed by atoms with Crippen LogP contribution < -0.4 is 5.32 Å². The molecule has 1 aromatic carbocycles. The van der Waals surface area contributed by atoms with Gasteiger partial charge >= 0.3 is 0 Å². The first-order valence-corrected chi connectivity index (χ1v) is 8.66. The lowest BCUT2D eigenvalue weighted by Gasteiger charge is -2.19. The van der Waals surface area contributed by atoms with Crippen molar-refractivity contribution >= 4 is 27.3 Å². The maximum atomic E-state index is 4.18. The van der Waals surface area contributed by atoms with E-state index in [0.29, 0.717) is 12.0 Å². The molecule has 0 bridgehead atoms. The standard InChI is InChI=1S/C16H21BrN2S/c1-12(2)19-9-13(8-15-10-18-11-20-15)7-14-5-3-4-6-16(14)17/h3-6,10-13,19H,7-9H2,1-2H3. The third kappa shape index (κ3) is 5.00. The molecule has 0 spiro atoms. The lowest BCUT2D eigenvalue weighted by molar-refractivity contribution is 0.445. The van der Waals surface area contributed by atoms with Crippen LogP contribution in [0.4, 0.5) is 0 Å². The van der Waals surface area contributed by atoms with Gasteiger partial charge in [-0.1, -0.05) is 48.0 Å². The minimum absolute atomic E-state index is 0.526. The van der Waals surface area contributed by atoms with Crippen molar-refractivity contribution in [2.45, 2.75) is 32.7 Å². The molecule has 1 atom stereocenters. The van der Waals surface area contributed by atoms with E-state index in [9.17, 15) is 0 Å². The van der Waals surface area contributed by atoms with Crippen LogP contribution in [0.2, 0.25) is 0 Å². The maximum absolute atomic E-state index is 4.18. The molecule has 1 heterocycles. The Hall–Kier alpha value is -0.710. The number of nitrogens with one attached hydrogen (secondary N) is 1. The van der Waals surface area contributed by atoms with Gasteiger partial charge in [-0.25, -0.2) is 0 Å². The molecule has 2 aromatic rings. The lowest BCUT2D eigenvalue weighted by atomic mass is 9.95. The van der Waals surface area contributed by atoms with Crippen molar-refractivity contribution in [3.05, 3.63) is 50.9 Å². The van der Waals surface area contributed by atoms with Crippen LogP contribution in [-0.4, -0.2) is 17.6 Å². The van der Waals surface area contributed by atoms with Crippen LogP contribution in [0.15, 0.2) is 40.4 Å². The number of nitrogens with zero attached hydrogens (tertiary/aromatic N) is 1. The summed E-state index contributed by atoms with van der Waals surface area (Å²) in [7, 11) is 0. The highest BCUT2D eigenvalue weighted by molar-refractivity contribution is 9.10. The van der Waals surface area contributed by atoms with Gasteiger partial charge in [0.25, 0.3) is 0 Å². The van der Waals surface area contributed by atoms with Gasteiger partial charge in [0.1, 0.15) is 0 Å². The largest absolute Gasteiger partial charge is 0.314 e. The van der Waals surface area contributed by atoms with Crippen molar-refractivity contribution in [3.63, 3.8) is 0 Å². The predicted octanol–water partition coefficient (Wildman–Crippen LogP) is 4.31. The molecule has 0 fully saturated rings. The summed E-state index contributed by atoms with van der Waals surface area (Å²) < 4.78 is 1.21. The molecule has 0 saturated heterocycles. The Morgan fingerprint density at radius 3 is 2.70 bits per heavy atom. The van der Waals surface area contributed by atoms with Crippen molar-refractivity contribution < 1.29 is 0 Å². The molecule has 4 heteroatoms. The summed E-state index contributed by atoms with van der Waals surface area (Å²) in [6, 6.07) is 9.03. The van der Waals surface area contributed by atoms with Gasteiger partial charge in [0.2, 0.25) is 0 Å². The van der Waals surface area contributed by atoms with E-state index >= 15 is 0 Å². The van der Waals surface area contributed by atoms with Crippen LogP contribution >= 0.6 is 27.3 Å². The van der Waals surface area contributed by atoms with Crippen LogP contribution in [0.3, 0.4) is 0 Å². The summed E-state index contributed by atoms with van der Waals surface area (Å²) in [6.45, 7) is 5.43. The van der Waals surface area contributed by atoms with Crippen molar-refractivity contribution in [2.75, 3.05) is 6.54 Å². The highest BCUT2D eigenvalue weighted by atomic mass is 79.9. The van der Waals surface area contributed by atoms with Crippen LogP contribution in [0.25, 0.3) is 0 Å². The summed E-state index contributed by atoms with van der Waals surface area (Å²) in [4.78, 5) is 5.55. The van der Waals surface area contributed by atoms with E-state index in [2.05, 4.69) is 64.3 Å². The number of thiazole rings is 1. The maximum Gasteiger partial charge on any atom is 0.0794 e. The van der Waals surface area contributed by atoms with Crippen LogP contribution in [0, 0.1) is 5.92 Å². The van der Waals surface area contributed by atoms with Gasteiger partial charge in [-0.2, -0.15) is 0 Å². The number of hydrogen-bond acceptors (Lipinski definition) is 3. The van der Waals surface area contributed by atoms with Gasteiger partial charge in [0.15, 0.2) is 0 Å². The molecule has 1 aromatic heterocycles. The monoisotopic (exact) mass is 352 g/mol. The van der Waals surface area contributed by atoms with Gasteiger partial charge in [-0.05, 0) is 36.9 Å². The van der Waals surface area contributed by atoms with Gasteiger partial charge < -0.3 is 5.32 Å². The zero-order chi connectivity index (χ0) is 14.4. The van der Waals surface area contributed by atoms with Crippen LogP contribution in [0.5, 0.6) is 0 Å². The zero-order valence-corrected chi connectivity index (χ0v) is 14.4. The molecule has 0 saturated carbocycles. The number of aromatic nitrogens is 1. The van der Waals surface area contributed by atoms with E-state index in [1.165, 1.54) is 14.9 Å². The van der Waals surface area contributed by atoms with E-state index in [1.54, 1.807) is 11.3 Å². The third-order valence-corrected chi connectivity index (χ3v) is 4.83. The molecule has 2 nitrogen and oxygen atoms in total. The highest BCUT2D eigenvalue weighted by Crippen LogP contribution is 2.22. The normalized spacial score (nSPS) is 12.8. The van der Waals surface area contributed by atoms with E-state index in [-0.39, 0.29) is 0 Å². The SMILES string of the molecule is CC(C)NCC(Cc1cncs1)Cc1ccccc1Br. The Morgan fingerprint density at radius 1 is 1.25 bits per heavy atom. The highest BCUT2D eigenvalue weighted by Gasteiger charge is 2.13. The smallest absolute Gasteiger partial charge is 0.0794 e. The van der Waals surface area contributed by atoms with Crippen LogP contribution in [0.1, 0.15) is 24.3 Å². The predicted molar refractivity (Wildman–Crippen MR) is 90.3 cm³/mol. The zero-order valence-electron chi connectivity index (χ0n) is 12.0. The second kappa shape index (κ2) is 7.91. The fraction of sp³-hybridized carbons (Fsp3) is 0.438. The minimum Gasteiger partial charge on any atom is -0.314 e. The van der Waals surface area contributed by atoms with Crippen molar-refractivity contribution in [1.29, 1.82) is 0 Å². The van der Waals surface area contributed by atoms with Crippen molar-refractivity contribution in [2.24, 2.45) is 5.92 Å². The Labute approximate surface area is 133 Å². The van der Waals surface area contributed by atoms with E-state index in [1.807, 2.05) is 11.7 Å². The van der Waals surface area contributed by atoms with Crippen molar-refractivity contribution in [3.8, 4) is 0 Å². The summed E-state index contributed by atoms with van der Waals surface area (Å²) in [6.07, 6.45) is 4.16. The molecule has 20 heavy (non-hydrogen) atoms. The molecule has 0 aliphatic heterocycles. The molecule has 0 aliphatic carbocycles. The molecule has 1 unspecified atom stereocenters. The second-order valence-corrected chi connectivity index (χ2v) is 7.22. The quantitative estimate of drug-likeness (QED) is 0.803. The first-order valence-electron chi connectivity index (χ1n) is 6.99. The molecular weight excluding hydrogens is 332 g/mol. The Balaban J connectivity index is 2.03. The molecule has 0 aliphatic rings. The minimum atomic E-state index is 0.526. The summed E-state index contributed by atoms with van der Waals surface area (Å²) in [5, 5.41) is 3.57. The number of hydrogen-bond donors (Lipinski definition) is 1. The molecule has 0 radical (unpaired) electrons. The molecule has 108 valence electrons. The number of rotatable bonds is 7. The third-order valence-electron chi connectivity index (χ3n) is 3.25.